The molecule has 3 rings (SSSR count). The van der Waals surface area contributed by atoms with Crippen molar-refractivity contribution in [1.82, 2.24) is 14.9 Å². The predicted octanol–water partition coefficient (Wildman–Crippen LogP) is 3.11. The first-order valence-electron chi connectivity index (χ1n) is 7.19. The SMILES string of the molecule is Cn1cc2cc(-c3cc(C=N[S@@+]([O-])C(C)(C)C)no3)ccc2n1. The summed E-state index contributed by atoms with van der Waals surface area (Å²) in [4.78, 5) is 0. The summed E-state index contributed by atoms with van der Waals surface area (Å²) in [5.41, 5.74) is 2.39. The Morgan fingerprint density at radius 1 is 1.30 bits per heavy atom. The van der Waals surface area contributed by atoms with E-state index >= 15 is 0 Å². The quantitative estimate of drug-likeness (QED) is 0.546. The highest BCUT2D eigenvalue weighted by Crippen LogP contribution is 2.24. The third-order valence-corrected chi connectivity index (χ3v) is 4.58. The zero-order chi connectivity index (χ0) is 16.6. The maximum absolute atomic E-state index is 11.9. The number of rotatable bonds is 3. The van der Waals surface area contributed by atoms with Crippen molar-refractivity contribution >= 4 is 28.5 Å². The standard InChI is InChI=1S/C16H18N4O2S/c1-16(2,3)23(21)17-9-13-8-15(22-19-13)11-5-6-14-12(7-11)10-20(4)18-14/h5-10H,1-4H3/t23-/m0/s1. The second-order valence-corrected chi connectivity index (χ2v) is 8.22. The van der Waals surface area contributed by atoms with Crippen LogP contribution < -0.4 is 0 Å². The summed E-state index contributed by atoms with van der Waals surface area (Å²) >= 11 is -1.31. The van der Waals surface area contributed by atoms with E-state index in [9.17, 15) is 4.55 Å². The summed E-state index contributed by atoms with van der Waals surface area (Å²) in [6.07, 6.45) is 3.43. The number of hydrogen-bond acceptors (Lipinski definition) is 5. The molecule has 0 aliphatic heterocycles. The van der Waals surface area contributed by atoms with Gasteiger partial charge < -0.3 is 9.08 Å². The minimum atomic E-state index is -1.31. The summed E-state index contributed by atoms with van der Waals surface area (Å²) in [5.74, 6) is 0.638. The van der Waals surface area contributed by atoms with Gasteiger partial charge in [0.15, 0.2) is 5.76 Å². The van der Waals surface area contributed by atoms with Crippen LogP contribution in [-0.4, -0.2) is 30.5 Å². The van der Waals surface area contributed by atoms with Gasteiger partial charge in [-0.15, -0.1) is 0 Å². The monoisotopic (exact) mass is 330 g/mol. The van der Waals surface area contributed by atoms with Gasteiger partial charge in [-0.05, 0) is 39.0 Å². The fraction of sp³-hybridized carbons (Fsp3) is 0.312. The number of aryl methyl sites for hydroxylation is 1. The van der Waals surface area contributed by atoms with Crippen molar-refractivity contribution in [2.24, 2.45) is 11.4 Å². The van der Waals surface area contributed by atoms with E-state index < -0.39 is 16.1 Å². The van der Waals surface area contributed by atoms with E-state index in [1.54, 1.807) is 10.7 Å². The third kappa shape index (κ3) is 3.46. The van der Waals surface area contributed by atoms with Crippen LogP contribution in [0.4, 0.5) is 0 Å². The molecule has 0 unspecified atom stereocenters. The molecule has 0 fully saturated rings. The van der Waals surface area contributed by atoms with Crippen molar-refractivity contribution in [1.29, 1.82) is 0 Å². The maximum Gasteiger partial charge on any atom is 0.167 e. The molecule has 23 heavy (non-hydrogen) atoms. The molecular formula is C16H18N4O2S. The average Bonchev–Trinajstić information content (AvgIpc) is 3.07. The van der Waals surface area contributed by atoms with Crippen LogP contribution in [0.2, 0.25) is 0 Å². The van der Waals surface area contributed by atoms with Gasteiger partial charge in [-0.3, -0.25) is 4.68 Å². The van der Waals surface area contributed by atoms with Gasteiger partial charge in [0.2, 0.25) is 0 Å². The Bertz CT molecular complexity index is 860. The molecule has 0 bridgehead atoms. The van der Waals surface area contributed by atoms with Crippen LogP contribution in [0.1, 0.15) is 26.5 Å². The molecule has 0 aliphatic carbocycles. The topological polar surface area (TPSA) is 79.3 Å². The fourth-order valence-corrected chi connectivity index (χ4v) is 2.57. The first-order chi connectivity index (χ1) is 10.8. The van der Waals surface area contributed by atoms with Crippen molar-refractivity contribution in [3.63, 3.8) is 0 Å². The molecule has 2 aromatic heterocycles. The molecular weight excluding hydrogens is 312 g/mol. The number of aromatic nitrogens is 3. The van der Waals surface area contributed by atoms with E-state index in [-0.39, 0.29) is 0 Å². The lowest BCUT2D eigenvalue weighted by Crippen LogP contribution is -2.25. The smallest absolute Gasteiger partial charge is 0.167 e. The molecule has 0 saturated heterocycles. The summed E-state index contributed by atoms with van der Waals surface area (Å²) < 4.78 is 22.7. The molecule has 0 spiro atoms. The first kappa shape index (κ1) is 15.8. The zero-order valence-electron chi connectivity index (χ0n) is 13.5. The molecule has 1 atom stereocenters. The fourth-order valence-electron chi connectivity index (χ4n) is 2.05. The Morgan fingerprint density at radius 2 is 2.09 bits per heavy atom. The van der Waals surface area contributed by atoms with Gasteiger partial charge in [-0.2, -0.15) is 5.10 Å². The van der Waals surface area contributed by atoms with E-state index in [1.165, 1.54) is 6.21 Å². The molecule has 0 saturated carbocycles. The first-order valence-corrected chi connectivity index (χ1v) is 8.30. The molecule has 0 aliphatic rings. The van der Waals surface area contributed by atoms with E-state index in [1.807, 2.05) is 52.2 Å². The normalized spacial score (nSPS) is 14.0. The number of hydrogen-bond donors (Lipinski definition) is 0. The van der Waals surface area contributed by atoms with E-state index in [4.69, 9.17) is 4.52 Å². The molecule has 1 aromatic carbocycles. The molecule has 120 valence electrons. The van der Waals surface area contributed by atoms with Crippen molar-refractivity contribution in [2.75, 3.05) is 0 Å². The van der Waals surface area contributed by atoms with Crippen LogP contribution in [0.25, 0.3) is 22.2 Å². The lowest BCUT2D eigenvalue weighted by molar-refractivity contribution is 0.431. The molecule has 0 N–H and O–H groups in total. The highest BCUT2D eigenvalue weighted by atomic mass is 32.2. The minimum absolute atomic E-state index is 0.394. The van der Waals surface area contributed by atoms with Gasteiger partial charge in [0, 0.05) is 30.3 Å². The zero-order valence-corrected chi connectivity index (χ0v) is 14.3. The average molecular weight is 330 g/mol. The van der Waals surface area contributed by atoms with Crippen LogP contribution in [0.15, 0.2) is 39.4 Å². The molecule has 0 amide bonds. The molecule has 2 heterocycles. The summed E-state index contributed by atoms with van der Waals surface area (Å²) in [5, 5.41) is 9.33. The van der Waals surface area contributed by atoms with Crippen molar-refractivity contribution in [3.05, 3.63) is 36.2 Å². The molecule has 0 radical (unpaired) electrons. The Balaban J connectivity index is 1.84. The predicted molar refractivity (Wildman–Crippen MR) is 91.7 cm³/mol. The van der Waals surface area contributed by atoms with Gasteiger partial charge in [-0.1, -0.05) is 9.55 Å². The summed E-state index contributed by atoms with van der Waals surface area (Å²) in [6, 6.07) is 7.65. The third-order valence-electron chi connectivity index (χ3n) is 3.24. The van der Waals surface area contributed by atoms with Crippen molar-refractivity contribution in [3.8, 4) is 11.3 Å². The summed E-state index contributed by atoms with van der Waals surface area (Å²) in [7, 11) is 1.89. The molecule has 3 aromatic rings. The van der Waals surface area contributed by atoms with Crippen LogP contribution in [0.5, 0.6) is 0 Å². The number of nitrogens with zero attached hydrogens (tertiary/aromatic N) is 4. The summed E-state index contributed by atoms with van der Waals surface area (Å²) in [6.45, 7) is 5.62. The van der Waals surface area contributed by atoms with Gasteiger partial charge in [-0.25, -0.2) is 0 Å². The number of benzene rings is 1. The Hall–Kier alpha value is -2.12. The van der Waals surface area contributed by atoms with Gasteiger partial charge >= 0.3 is 0 Å². The van der Waals surface area contributed by atoms with Gasteiger partial charge in [0.1, 0.15) is 28.0 Å². The van der Waals surface area contributed by atoms with Crippen LogP contribution >= 0.6 is 0 Å². The van der Waals surface area contributed by atoms with Crippen LogP contribution in [-0.2, 0) is 18.4 Å². The highest BCUT2D eigenvalue weighted by Gasteiger charge is 2.26. The van der Waals surface area contributed by atoms with Gasteiger partial charge in [0.05, 0.1) is 5.52 Å². The van der Waals surface area contributed by atoms with Crippen molar-refractivity contribution < 1.29 is 9.08 Å². The number of fused-ring (bicyclic) bond motifs is 1. The van der Waals surface area contributed by atoms with E-state index in [2.05, 4.69) is 14.7 Å². The lowest BCUT2D eigenvalue weighted by atomic mass is 10.1. The van der Waals surface area contributed by atoms with Crippen molar-refractivity contribution in [2.45, 2.75) is 25.5 Å². The second kappa shape index (κ2) is 5.82. The van der Waals surface area contributed by atoms with Crippen LogP contribution in [0, 0.1) is 0 Å². The van der Waals surface area contributed by atoms with Gasteiger partial charge in [0.25, 0.3) is 0 Å². The Kier molecular flexibility index (Phi) is 3.99. The maximum atomic E-state index is 11.9. The molecule has 6 nitrogen and oxygen atoms in total. The Morgan fingerprint density at radius 3 is 2.83 bits per heavy atom. The Labute approximate surface area is 137 Å². The van der Waals surface area contributed by atoms with Crippen LogP contribution in [0.3, 0.4) is 0 Å². The van der Waals surface area contributed by atoms with E-state index in [0.29, 0.717) is 11.5 Å². The van der Waals surface area contributed by atoms with E-state index in [0.717, 1.165) is 16.5 Å². The minimum Gasteiger partial charge on any atom is -0.591 e. The highest BCUT2D eigenvalue weighted by molar-refractivity contribution is 7.91. The largest absolute Gasteiger partial charge is 0.591 e. The lowest BCUT2D eigenvalue weighted by Gasteiger charge is -2.17. The second-order valence-electron chi connectivity index (χ2n) is 6.29. The molecule has 7 heteroatoms.